The lowest BCUT2D eigenvalue weighted by atomic mass is 9.80. The first-order chi connectivity index (χ1) is 8.41. The molecule has 0 radical (unpaired) electrons. The summed E-state index contributed by atoms with van der Waals surface area (Å²) < 4.78 is 0. The summed E-state index contributed by atoms with van der Waals surface area (Å²) in [5.74, 6) is -1.04. The van der Waals surface area contributed by atoms with E-state index in [1.807, 2.05) is 0 Å². The lowest BCUT2D eigenvalue weighted by Crippen LogP contribution is -2.43. The minimum atomic E-state index is -1.04. The van der Waals surface area contributed by atoms with Crippen molar-refractivity contribution in [2.75, 3.05) is 17.6 Å². The molecule has 0 bridgehead atoms. The van der Waals surface area contributed by atoms with Gasteiger partial charge in [0.2, 0.25) is 0 Å². The number of nitrogens with one attached hydrogen (secondary N) is 1. The molecular weight excluding hydrogens is 232 g/mol. The zero-order valence-electron chi connectivity index (χ0n) is 10.4. The smallest absolute Gasteiger partial charge is 0.337 e. The summed E-state index contributed by atoms with van der Waals surface area (Å²) in [5, 5.41) is 22.1. The molecule has 1 aliphatic carbocycles. The number of rotatable bonds is 4. The molecular formula is C13H18N2O3. The van der Waals surface area contributed by atoms with Gasteiger partial charge in [0.1, 0.15) is 0 Å². The Morgan fingerprint density at radius 1 is 1.50 bits per heavy atom. The monoisotopic (exact) mass is 250 g/mol. The number of anilines is 2. The average Bonchev–Trinajstić information content (AvgIpc) is 2.27. The van der Waals surface area contributed by atoms with Gasteiger partial charge in [0, 0.05) is 17.9 Å². The second kappa shape index (κ2) is 4.49. The molecule has 0 amide bonds. The minimum absolute atomic E-state index is 0.0955. The maximum absolute atomic E-state index is 11.0. The second-order valence-corrected chi connectivity index (χ2v) is 4.99. The number of hydrogen-bond donors (Lipinski definition) is 4. The van der Waals surface area contributed by atoms with Gasteiger partial charge >= 0.3 is 5.97 Å². The van der Waals surface area contributed by atoms with Crippen molar-refractivity contribution in [3.63, 3.8) is 0 Å². The highest BCUT2D eigenvalue weighted by Gasteiger charge is 2.33. The molecule has 0 heterocycles. The molecule has 18 heavy (non-hydrogen) atoms. The van der Waals surface area contributed by atoms with Crippen molar-refractivity contribution in [3.05, 3.63) is 23.3 Å². The fraction of sp³-hybridized carbons (Fsp3) is 0.462. The average molecular weight is 250 g/mol. The van der Waals surface area contributed by atoms with Crippen molar-refractivity contribution in [2.45, 2.75) is 31.8 Å². The van der Waals surface area contributed by atoms with Gasteiger partial charge in [-0.1, -0.05) is 0 Å². The third-order valence-corrected chi connectivity index (χ3v) is 3.52. The highest BCUT2D eigenvalue weighted by molar-refractivity contribution is 5.95. The summed E-state index contributed by atoms with van der Waals surface area (Å²) in [4.78, 5) is 11.0. The van der Waals surface area contributed by atoms with Gasteiger partial charge in [-0.25, -0.2) is 4.79 Å². The van der Waals surface area contributed by atoms with E-state index in [4.69, 9.17) is 10.8 Å². The molecule has 5 nitrogen and oxygen atoms in total. The molecule has 2 rings (SSSR count). The summed E-state index contributed by atoms with van der Waals surface area (Å²) in [5.41, 5.74) is 6.86. The normalized spacial score (nSPS) is 17.0. The van der Waals surface area contributed by atoms with Gasteiger partial charge in [-0.3, -0.25) is 0 Å². The van der Waals surface area contributed by atoms with Gasteiger partial charge in [-0.05, 0) is 43.9 Å². The van der Waals surface area contributed by atoms with E-state index in [0.29, 0.717) is 12.2 Å². The quantitative estimate of drug-likeness (QED) is 0.609. The van der Waals surface area contributed by atoms with E-state index < -0.39 is 11.6 Å². The lowest BCUT2D eigenvalue weighted by molar-refractivity contribution is -0.0201. The van der Waals surface area contributed by atoms with Crippen molar-refractivity contribution in [1.82, 2.24) is 0 Å². The van der Waals surface area contributed by atoms with Crippen molar-refractivity contribution in [3.8, 4) is 0 Å². The van der Waals surface area contributed by atoms with E-state index in [1.165, 1.54) is 6.07 Å². The van der Waals surface area contributed by atoms with Crippen LogP contribution >= 0.6 is 0 Å². The molecule has 1 aromatic rings. The van der Waals surface area contributed by atoms with Crippen molar-refractivity contribution < 1.29 is 15.0 Å². The predicted molar refractivity (Wildman–Crippen MR) is 69.8 cm³/mol. The third kappa shape index (κ3) is 2.41. The number of carboxylic acids is 1. The Hall–Kier alpha value is -1.75. The van der Waals surface area contributed by atoms with E-state index >= 15 is 0 Å². The fourth-order valence-corrected chi connectivity index (χ4v) is 2.11. The van der Waals surface area contributed by atoms with Crippen LogP contribution in [0.4, 0.5) is 11.4 Å². The van der Waals surface area contributed by atoms with Crippen LogP contribution < -0.4 is 11.1 Å². The lowest BCUT2D eigenvalue weighted by Gasteiger charge is -2.37. The van der Waals surface area contributed by atoms with Crippen LogP contribution in [0.1, 0.15) is 35.2 Å². The predicted octanol–water partition coefficient (Wildman–Crippen LogP) is 1.60. The standard InChI is InChI=1S/C13H18N2O3/c1-8-5-9(6-10(11(8)14)12(16)17)15-7-13(18)3-2-4-13/h5-6,15,18H,2-4,7,14H2,1H3,(H,16,17). The zero-order chi connectivity index (χ0) is 13.3. The molecule has 0 aromatic heterocycles. The molecule has 1 saturated carbocycles. The first-order valence-electron chi connectivity index (χ1n) is 6.01. The largest absolute Gasteiger partial charge is 0.478 e. The topological polar surface area (TPSA) is 95.6 Å². The van der Waals surface area contributed by atoms with Crippen molar-refractivity contribution >= 4 is 17.3 Å². The molecule has 0 spiro atoms. The van der Waals surface area contributed by atoms with E-state index in [2.05, 4.69) is 5.32 Å². The number of carbonyl (C=O) groups is 1. The molecule has 0 aliphatic heterocycles. The van der Waals surface area contributed by atoms with Crippen LogP contribution in [0.3, 0.4) is 0 Å². The summed E-state index contributed by atoms with van der Waals surface area (Å²) >= 11 is 0. The van der Waals surface area contributed by atoms with Gasteiger partial charge in [0.15, 0.2) is 0 Å². The summed E-state index contributed by atoms with van der Waals surface area (Å²) in [6, 6.07) is 3.30. The van der Waals surface area contributed by atoms with Gasteiger partial charge in [-0.15, -0.1) is 0 Å². The molecule has 98 valence electrons. The molecule has 0 atom stereocenters. The van der Waals surface area contributed by atoms with Crippen LogP contribution in [0, 0.1) is 6.92 Å². The fourth-order valence-electron chi connectivity index (χ4n) is 2.11. The van der Waals surface area contributed by atoms with Crippen LogP contribution in [-0.2, 0) is 0 Å². The Kier molecular flexibility index (Phi) is 3.17. The molecule has 1 fully saturated rings. The number of aryl methyl sites for hydroxylation is 1. The highest BCUT2D eigenvalue weighted by Crippen LogP contribution is 2.32. The number of hydrogen-bond acceptors (Lipinski definition) is 4. The van der Waals surface area contributed by atoms with Gasteiger partial charge in [-0.2, -0.15) is 0 Å². The number of carboxylic acid groups (broad SMARTS) is 1. The van der Waals surface area contributed by atoms with Crippen LogP contribution in [-0.4, -0.2) is 28.3 Å². The van der Waals surface area contributed by atoms with Crippen LogP contribution in [0.5, 0.6) is 0 Å². The Labute approximate surface area is 106 Å². The number of nitrogen functional groups attached to an aromatic ring is 1. The molecule has 5 heteroatoms. The molecule has 1 aliphatic rings. The third-order valence-electron chi connectivity index (χ3n) is 3.52. The first kappa shape index (κ1) is 12.7. The number of benzene rings is 1. The SMILES string of the molecule is Cc1cc(NCC2(O)CCC2)cc(C(=O)O)c1N. The highest BCUT2D eigenvalue weighted by atomic mass is 16.4. The first-order valence-corrected chi connectivity index (χ1v) is 6.01. The maximum atomic E-state index is 11.0. The Balaban J connectivity index is 2.15. The number of nitrogens with two attached hydrogens (primary N) is 1. The van der Waals surface area contributed by atoms with Crippen LogP contribution in [0.25, 0.3) is 0 Å². The second-order valence-electron chi connectivity index (χ2n) is 4.99. The van der Waals surface area contributed by atoms with Crippen molar-refractivity contribution in [1.29, 1.82) is 0 Å². The molecule has 5 N–H and O–H groups in total. The minimum Gasteiger partial charge on any atom is -0.478 e. The number of aliphatic hydroxyl groups is 1. The summed E-state index contributed by atoms with van der Waals surface area (Å²) in [6.07, 6.45) is 2.62. The molecule has 1 aromatic carbocycles. The summed E-state index contributed by atoms with van der Waals surface area (Å²) in [6.45, 7) is 2.21. The van der Waals surface area contributed by atoms with Gasteiger partial charge in [0.25, 0.3) is 0 Å². The Morgan fingerprint density at radius 2 is 2.17 bits per heavy atom. The molecule has 0 saturated heterocycles. The van der Waals surface area contributed by atoms with Gasteiger partial charge < -0.3 is 21.3 Å². The van der Waals surface area contributed by atoms with Crippen LogP contribution in [0.2, 0.25) is 0 Å². The Bertz CT molecular complexity index is 481. The van der Waals surface area contributed by atoms with E-state index in [9.17, 15) is 9.90 Å². The van der Waals surface area contributed by atoms with Gasteiger partial charge in [0.05, 0.1) is 11.2 Å². The van der Waals surface area contributed by atoms with E-state index in [-0.39, 0.29) is 11.3 Å². The maximum Gasteiger partial charge on any atom is 0.337 e. The van der Waals surface area contributed by atoms with Crippen LogP contribution in [0.15, 0.2) is 12.1 Å². The zero-order valence-corrected chi connectivity index (χ0v) is 10.4. The van der Waals surface area contributed by atoms with E-state index in [0.717, 1.165) is 24.8 Å². The van der Waals surface area contributed by atoms with Crippen molar-refractivity contribution in [2.24, 2.45) is 0 Å². The number of aromatic carboxylic acids is 1. The summed E-state index contributed by atoms with van der Waals surface area (Å²) in [7, 11) is 0. The van der Waals surface area contributed by atoms with E-state index in [1.54, 1.807) is 13.0 Å². The Morgan fingerprint density at radius 3 is 2.67 bits per heavy atom. The molecule has 0 unspecified atom stereocenters.